The van der Waals surface area contributed by atoms with Crippen molar-refractivity contribution < 1.29 is 4.79 Å². The van der Waals surface area contributed by atoms with Crippen molar-refractivity contribution in [1.29, 1.82) is 0 Å². The Labute approximate surface area is 139 Å². The van der Waals surface area contributed by atoms with Gasteiger partial charge in [0.1, 0.15) is 0 Å². The second-order valence-electron chi connectivity index (χ2n) is 5.56. The summed E-state index contributed by atoms with van der Waals surface area (Å²) in [5.41, 5.74) is 3.97. The largest absolute Gasteiger partial charge is 0.325 e. The fourth-order valence-electron chi connectivity index (χ4n) is 2.41. The van der Waals surface area contributed by atoms with Crippen LogP contribution in [0.4, 0.5) is 5.69 Å². The molecule has 1 atom stereocenters. The first-order chi connectivity index (χ1) is 11.0. The van der Waals surface area contributed by atoms with Crippen LogP contribution < -0.4 is 5.32 Å². The Bertz CT molecular complexity index is 856. The topological polar surface area (TPSA) is 46.9 Å². The Morgan fingerprint density at radius 1 is 1.22 bits per heavy atom. The lowest BCUT2D eigenvalue weighted by atomic mass is 10.2. The van der Waals surface area contributed by atoms with E-state index < -0.39 is 0 Å². The standard InChI is InChI=1S/C18H19N3OS/c1-12-7-6-8-14(11-12)19-17(22)13(2)23-18-20-15-9-4-5-10-16(15)21(18)3/h4-11,13H,1-3H3,(H,19,22). The van der Waals surface area contributed by atoms with Crippen LogP contribution in [0.2, 0.25) is 0 Å². The van der Waals surface area contributed by atoms with Gasteiger partial charge in [0.2, 0.25) is 5.91 Å². The first kappa shape index (κ1) is 15.6. The van der Waals surface area contributed by atoms with Gasteiger partial charge in [-0.25, -0.2) is 4.98 Å². The minimum absolute atomic E-state index is 0.0207. The summed E-state index contributed by atoms with van der Waals surface area (Å²) in [5, 5.41) is 3.57. The van der Waals surface area contributed by atoms with Crippen molar-refractivity contribution in [2.45, 2.75) is 24.3 Å². The van der Waals surface area contributed by atoms with Crippen molar-refractivity contribution in [1.82, 2.24) is 9.55 Å². The van der Waals surface area contributed by atoms with Crippen LogP contribution in [0.25, 0.3) is 11.0 Å². The Balaban J connectivity index is 1.73. The second-order valence-corrected chi connectivity index (χ2v) is 6.87. The Hall–Kier alpha value is -2.27. The first-order valence-corrected chi connectivity index (χ1v) is 8.38. The molecule has 1 amide bonds. The van der Waals surface area contributed by atoms with Crippen LogP contribution in [-0.4, -0.2) is 20.7 Å². The van der Waals surface area contributed by atoms with E-state index >= 15 is 0 Å². The molecule has 23 heavy (non-hydrogen) atoms. The van der Waals surface area contributed by atoms with Crippen LogP contribution in [0.15, 0.2) is 53.7 Å². The summed E-state index contributed by atoms with van der Waals surface area (Å²) in [6.07, 6.45) is 0. The summed E-state index contributed by atoms with van der Waals surface area (Å²) in [7, 11) is 1.98. The van der Waals surface area contributed by atoms with Crippen LogP contribution >= 0.6 is 11.8 Å². The van der Waals surface area contributed by atoms with Gasteiger partial charge in [-0.1, -0.05) is 36.0 Å². The van der Waals surface area contributed by atoms with E-state index in [1.165, 1.54) is 11.8 Å². The van der Waals surface area contributed by atoms with E-state index in [1.807, 2.05) is 74.0 Å². The summed E-state index contributed by atoms with van der Waals surface area (Å²) in [4.78, 5) is 17.0. The van der Waals surface area contributed by atoms with Gasteiger partial charge in [0.25, 0.3) is 0 Å². The zero-order chi connectivity index (χ0) is 16.4. The number of benzene rings is 2. The van der Waals surface area contributed by atoms with Crippen LogP contribution in [0.3, 0.4) is 0 Å². The maximum absolute atomic E-state index is 12.4. The van der Waals surface area contributed by atoms with E-state index in [1.54, 1.807) is 0 Å². The third kappa shape index (κ3) is 3.40. The van der Waals surface area contributed by atoms with E-state index in [0.29, 0.717) is 0 Å². The molecule has 0 spiro atoms. The van der Waals surface area contributed by atoms with Gasteiger partial charge in [0, 0.05) is 12.7 Å². The molecule has 1 heterocycles. The number of nitrogens with one attached hydrogen (secondary N) is 1. The highest BCUT2D eigenvalue weighted by molar-refractivity contribution is 8.00. The quantitative estimate of drug-likeness (QED) is 0.738. The molecule has 3 aromatic rings. The smallest absolute Gasteiger partial charge is 0.237 e. The van der Waals surface area contributed by atoms with Crippen molar-refractivity contribution in [3.8, 4) is 0 Å². The fraction of sp³-hybridized carbons (Fsp3) is 0.222. The van der Waals surface area contributed by atoms with Crippen molar-refractivity contribution in [3.05, 3.63) is 54.1 Å². The highest BCUT2D eigenvalue weighted by Crippen LogP contribution is 2.26. The lowest BCUT2D eigenvalue weighted by Crippen LogP contribution is -2.22. The Kier molecular flexibility index (Phi) is 4.39. The average Bonchev–Trinajstić information content (AvgIpc) is 2.84. The molecule has 1 N–H and O–H groups in total. The number of fused-ring (bicyclic) bond motifs is 1. The number of hydrogen-bond acceptors (Lipinski definition) is 3. The molecule has 0 aliphatic rings. The van der Waals surface area contributed by atoms with Gasteiger partial charge < -0.3 is 9.88 Å². The number of hydrogen-bond donors (Lipinski definition) is 1. The summed E-state index contributed by atoms with van der Waals surface area (Å²) in [6.45, 7) is 3.91. The average molecular weight is 325 g/mol. The third-order valence-corrected chi connectivity index (χ3v) is 4.83. The monoisotopic (exact) mass is 325 g/mol. The van der Waals surface area contributed by atoms with Gasteiger partial charge in [-0.2, -0.15) is 0 Å². The normalized spacial score (nSPS) is 12.3. The number of anilines is 1. The number of imidazole rings is 1. The van der Waals surface area contributed by atoms with E-state index in [9.17, 15) is 4.79 Å². The van der Waals surface area contributed by atoms with Crippen molar-refractivity contribution >= 4 is 34.4 Å². The molecule has 0 bridgehead atoms. The molecule has 3 rings (SSSR count). The summed E-state index contributed by atoms with van der Waals surface area (Å²) in [6, 6.07) is 15.8. The Morgan fingerprint density at radius 2 is 2.00 bits per heavy atom. The lowest BCUT2D eigenvalue weighted by molar-refractivity contribution is -0.115. The fourth-order valence-corrected chi connectivity index (χ4v) is 3.30. The third-order valence-electron chi connectivity index (χ3n) is 3.68. The SMILES string of the molecule is Cc1cccc(NC(=O)C(C)Sc2nc3ccccc3n2C)c1. The first-order valence-electron chi connectivity index (χ1n) is 7.50. The van der Waals surface area contributed by atoms with Crippen LogP contribution in [0.1, 0.15) is 12.5 Å². The zero-order valence-corrected chi connectivity index (χ0v) is 14.2. The van der Waals surface area contributed by atoms with Gasteiger partial charge in [0.15, 0.2) is 5.16 Å². The number of carbonyl (C=O) groups excluding carboxylic acids is 1. The van der Waals surface area contributed by atoms with E-state index in [2.05, 4.69) is 10.3 Å². The van der Waals surface area contributed by atoms with E-state index in [4.69, 9.17) is 0 Å². The molecule has 118 valence electrons. The molecule has 0 saturated heterocycles. The maximum Gasteiger partial charge on any atom is 0.237 e. The van der Waals surface area contributed by atoms with Crippen molar-refractivity contribution in [3.63, 3.8) is 0 Å². The van der Waals surface area contributed by atoms with Gasteiger partial charge in [-0.3, -0.25) is 4.79 Å². The van der Waals surface area contributed by atoms with E-state index in [0.717, 1.165) is 27.4 Å². The van der Waals surface area contributed by atoms with Crippen LogP contribution in [0.5, 0.6) is 0 Å². The number of para-hydroxylation sites is 2. The molecule has 0 fully saturated rings. The Morgan fingerprint density at radius 3 is 2.74 bits per heavy atom. The molecule has 0 saturated carbocycles. The summed E-state index contributed by atoms with van der Waals surface area (Å²) in [5.74, 6) is -0.0207. The zero-order valence-electron chi connectivity index (χ0n) is 13.4. The van der Waals surface area contributed by atoms with Gasteiger partial charge in [-0.05, 0) is 43.7 Å². The number of aromatic nitrogens is 2. The predicted molar refractivity (Wildman–Crippen MR) is 95.8 cm³/mol. The molecule has 1 aromatic heterocycles. The molecular weight excluding hydrogens is 306 g/mol. The summed E-state index contributed by atoms with van der Waals surface area (Å²) < 4.78 is 2.02. The number of amides is 1. The number of nitrogens with zero attached hydrogens (tertiary/aromatic N) is 2. The highest BCUT2D eigenvalue weighted by atomic mass is 32.2. The van der Waals surface area contributed by atoms with Crippen LogP contribution in [-0.2, 0) is 11.8 Å². The maximum atomic E-state index is 12.4. The van der Waals surface area contributed by atoms with Gasteiger partial charge in [-0.15, -0.1) is 0 Å². The number of thioether (sulfide) groups is 1. The lowest BCUT2D eigenvalue weighted by Gasteiger charge is -2.12. The van der Waals surface area contributed by atoms with Crippen molar-refractivity contribution in [2.24, 2.45) is 7.05 Å². The molecular formula is C18H19N3OS. The van der Waals surface area contributed by atoms with Crippen molar-refractivity contribution in [2.75, 3.05) is 5.32 Å². The predicted octanol–water partition coefficient (Wildman–Crippen LogP) is 4.00. The highest BCUT2D eigenvalue weighted by Gasteiger charge is 2.18. The number of aryl methyl sites for hydroxylation is 2. The van der Waals surface area contributed by atoms with E-state index in [-0.39, 0.29) is 11.2 Å². The molecule has 5 heteroatoms. The molecule has 2 aromatic carbocycles. The minimum Gasteiger partial charge on any atom is -0.325 e. The minimum atomic E-state index is -0.231. The molecule has 4 nitrogen and oxygen atoms in total. The molecule has 0 aliphatic heterocycles. The number of rotatable bonds is 4. The van der Waals surface area contributed by atoms with Gasteiger partial charge in [0.05, 0.1) is 16.3 Å². The van der Waals surface area contributed by atoms with Gasteiger partial charge >= 0.3 is 0 Å². The molecule has 1 unspecified atom stereocenters. The second kappa shape index (κ2) is 6.46. The molecule has 0 aliphatic carbocycles. The van der Waals surface area contributed by atoms with Crippen LogP contribution in [0, 0.1) is 6.92 Å². The molecule has 0 radical (unpaired) electrons. The summed E-state index contributed by atoms with van der Waals surface area (Å²) >= 11 is 1.47. The number of carbonyl (C=O) groups is 1.